The average Bonchev–Trinajstić information content (AvgIpc) is 3.10. The lowest BCUT2D eigenvalue weighted by molar-refractivity contribution is -0.146. The van der Waals surface area contributed by atoms with Crippen LogP contribution in [0.2, 0.25) is 0 Å². The second kappa shape index (κ2) is 9.33. The van der Waals surface area contributed by atoms with Crippen molar-refractivity contribution in [2.24, 2.45) is 0 Å². The molecule has 1 unspecified atom stereocenters. The predicted octanol–water partition coefficient (Wildman–Crippen LogP) is 4.18. The molecule has 0 radical (unpaired) electrons. The highest BCUT2D eigenvalue weighted by Gasteiger charge is 2.38. The predicted molar refractivity (Wildman–Crippen MR) is 125 cm³/mol. The molecule has 0 bridgehead atoms. The molecule has 14 heteroatoms. The van der Waals surface area contributed by atoms with Crippen LogP contribution in [0.3, 0.4) is 0 Å². The maximum Gasteiger partial charge on any atom is 0.391 e. The Balaban J connectivity index is 1.93. The molecular formula is C24H21F6N5O3. The van der Waals surface area contributed by atoms with Gasteiger partial charge in [0.05, 0.1) is 11.8 Å². The summed E-state index contributed by atoms with van der Waals surface area (Å²) in [6.45, 7) is 4.10. The van der Waals surface area contributed by atoms with Gasteiger partial charge in [0, 0.05) is 36.5 Å². The first-order valence-electron chi connectivity index (χ1n) is 11.2. The molecule has 202 valence electrons. The van der Waals surface area contributed by atoms with Gasteiger partial charge in [0.25, 0.3) is 5.91 Å². The van der Waals surface area contributed by atoms with Crippen molar-refractivity contribution in [1.82, 2.24) is 20.2 Å². The van der Waals surface area contributed by atoms with Crippen LogP contribution < -0.4 is 21.0 Å². The van der Waals surface area contributed by atoms with Crippen molar-refractivity contribution in [2.75, 3.05) is 11.4 Å². The first-order valence-corrected chi connectivity index (χ1v) is 11.2. The molecule has 0 saturated carbocycles. The monoisotopic (exact) mass is 541 g/mol. The molecule has 2 N–H and O–H groups in total. The Morgan fingerprint density at radius 2 is 1.76 bits per heavy atom. The van der Waals surface area contributed by atoms with E-state index in [0.29, 0.717) is 22.9 Å². The fourth-order valence-corrected chi connectivity index (χ4v) is 4.25. The summed E-state index contributed by atoms with van der Waals surface area (Å²) in [4.78, 5) is 43.9. The summed E-state index contributed by atoms with van der Waals surface area (Å²) in [5.41, 5.74) is -4.84. The third-order valence-electron chi connectivity index (χ3n) is 5.75. The molecule has 1 aromatic carbocycles. The van der Waals surface area contributed by atoms with Gasteiger partial charge in [-0.2, -0.15) is 13.2 Å². The molecule has 3 aromatic rings. The fourth-order valence-electron chi connectivity index (χ4n) is 4.25. The van der Waals surface area contributed by atoms with Crippen LogP contribution in [0, 0.1) is 17.5 Å². The number of hydrogen-bond acceptors (Lipinski definition) is 4. The van der Waals surface area contributed by atoms with Gasteiger partial charge in [-0.1, -0.05) is 0 Å². The number of anilines is 1. The van der Waals surface area contributed by atoms with E-state index in [1.165, 1.54) is 17.0 Å². The summed E-state index contributed by atoms with van der Waals surface area (Å²) in [7, 11) is 0. The number of pyridine rings is 2. The zero-order valence-electron chi connectivity index (χ0n) is 20.2. The van der Waals surface area contributed by atoms with Gasteiger partial charge in [0.15, 0.2) is 17.3 Å². The third kappa shape index (κ3) is 5.29. The van der Waals surface area contributed by atoms with Crippen LogP contribution >= 0.6 is 0 Å². The van der Waals surface area contributed by atoms with Gasteiger partial charge in [-0.05, 0) is 32.9 Å². The minimum Gasteiger partial charge on any atom is -0.347 e. The normalized spacial score (nSPS) is 16.2. The van der Waals surface area contributed by atoms with Crippen LogP contribution in [0.15, 0.2) is 35.3 Å². The lowest BCUT2D eigenvalue weighted by Gasteiger charge is -2.27. The van der Waals surface area contributed by atoms with Gasteiger partial charge in [-0.15, -0.1) is 0 Å². The van der Waals surface area contributed by atoms with Gasteiger partial charge >= 0.3 is 12.2 Å². The van der Waals surface area contributed by atoms with E-state index >= 15 is 0 Å². The molecule has 1 atom stereocenters. The maximum absolute atomic E-state index is 14.8. The molecule has 38 heavy (non-hydrogen) atoms. The van der Waals surface area contributed by atoms with Crippen molar-refractivity contribution in [1.29, 1.82) is 0 Å². The smallest absolute Gasteiger partial charge is 0.347 e. The van der Waals surface area contributed by atoms with Gasteiger partial charge < -0.3 is 10.6 Å². The minimum absolute atomic E-state index is 0.0129. The molecular weight excluding hydrogens is 520 g/mol. The van der Waals surface area contributed by atoms with E-state index in [0.717, 1.165) is 13.8 Å². The van der Waals surface area contributed by atoms with Gasteiger partial charge in [-0.25, -0.2) is 22.9 Å². The molecule has 8 nitrogen and oxygen atoms in total. The Labute approximate surface area is 211 Å². The molecule has 1 aliphatic rings. The number of hydrogen-bond donors (Lipinski definition) is 2. The van der Waals surface area contributed by atoms with Crippen molar-refractivity contribution in [3.05, 3.63) is 63.7 Å². The number of nitrogens with zero attached hydrogens (tertiary/aromatic N) is 3. The molecule has 0 aliphatic carbocycles. The summed E-state index contributed by atoms with van der Waals surface area (Å²) in [6.07, 6.45) is -5.34. The van der Waals surface area contributed by atoms with Crippen molar-refractivity contribution >= 4 is 28.8 Å². The third-order valence-corrected chi connectivity index (χ3v) is 5.75. The number of nitrogens with one attached hydrogen (secondary N) is 2. The lowest BCUT2D eigenvalue weighted by atomic mass is 9.99. The Morgan fingerprint density at radius 3 is 2.32 bits per heavy atom. The van der Waals surface area contributed by atoms with E-state index < -0.39 is 64.2 Å². The van der Waals surface area contributed by atoms with E-state index in [2.05, 4.69) is 15.6 Å². The van der Waals surface area contributed by atoms with Gasteiger partial charge in [0.1, 0.15) is 22.9 Å². The summed E-state index contributed by atoms with van der Waals surface area (Å²) in [5.74, 6) is -5.28. The van der Waals surface area contributed by atoms with Crippen LogP contribution in [0.4, 0.5) is 37.0 Å². The van der Waals surface area contributed by atoms with E-state index in [1.54, 1.807) is 6.92 Å². The quantitative estimate of drug-likeness (QED) is 0.474. The Morgan fingerprint density at radius 1 is 1.13 bits per heavy atom. The first-order chi connectivity index (χ1) is 17.6. The second-order valence-electron chi connectivity index (χ2n) is 9.59. The van der Waals surface area contributed by atoms with Crippen LogP contribution in [-0.2, 0) is 0 Å². The Hall–Kier alpha value is -4.10. The molecule has 3 amide bonds. The number of urea groups is 1. The highest BCUT2D eigenvalue weighted by Crippen LogP contribution is 2.28. The standard InChI is InChI=1S/C24H21F6N5O3/c1-11-8-34(22(38)31-11)17-5-4-13-19(36)14(21(37)33-23(2,3)10-24(28,29)30)9-35(20(13)32-17)18-15(26)6-12(25)7-16(18)27/h4-7,9,11H,8,10H2,1-3H3,(H,31,38)(H,33,37). The summed E-state index contributed by atoms with van der Waals surface area (Å²) >= 11 is 0. The minimum atomic E-state index is -4.64. The fraction of sp³-hybridized carbons (Fsp3) is 0.333. The number of alkyl halides is 3. The number of amides is 3. The number of carbonyl (C=O) groups excluding carboxylic acids is 2. The zero-order chi connectivity index (χ0) is 28.2. The number of aromatic nitrogens is 2. The first kappa shape index (κ1) is 26.9. The summed E-state index contributed by atoms with van der Waals surface area (Å²) < 4.78 is 82.8. The highest BCUT2D eigenvalue weighted by molar-refractivity contribution is 5.98. The Kier molecular flexibility index (Phi) is 6.62. The topological polar surface area (TPSA) is 96.3 Å². The number of carbonyl (C=O) groups is 2. The largest absolute Gasteiger partial charge is 0.391 e. The van der Waals surface area contributed by atoms with E-state index in [4.69, 9.17) is 0 Å². The number of fused-ring (bicyclic) bond motifs is 1. The van der Waals surface area contributed by atoms with Crippen molar-refractivity contribution < 1.29 is 35.9 Å². The van der Waals surface area contributed by atoms with E-state index in [-0.39, 0.29) is 29.4 Å². The molecule has 2 aromatic heterocycles. The maximum atomic E-state index is 14.8. The van der Waals surface area contributed by atoms with Crippen LogP contribution in [-0.4, -0.2) is 45.8 Å². The molecule has 1 fully saturated rings. The SMILES string of the molecule is CC1CN(c2ccc3c(=O)c(C(=O)NC(C)(C)CC(F)(F)F)cn(-c4c(F)cc(F)cc4F)c3n2)C(=O)N1. The number of halogens is 6. The summed E-state index contributed by atoms with van der Waals surface area (Å²) in [5, 5.41) is 4.43. The molecule has 3 heterocycles. The van der Waals surface area contributed by atoms with Gasteiger partial charge in [-0.3, -0.25) is 19.1 Å². The zero-order valence-corrected chi connectivity index (χ0v) is 20.2. The molecule has 1 aliphatic heterocycles. The van der Waals surface area contributed by atoms with Crippen molar-refractivity contribution in [3.63, 3.8) is 0 Å². The average molecular weight is 541 g/mol. The number of rotatable bonds is 5. The van der Waals surface area contributed by atoms with Crippen LogP contribution in [0.1, 0.15) is 37.6 Å². The van der Waals surface area contributed by atoms with Crippen LogP contribution in [0.5, 0.6) is 0 Å². The van der Waals surface area contributed by atoms with Crippen molar-refractivity contribution in [2.45, 2.75) is 44.9 Å². The summed E-state index contributed by atoms with van der Waals surface area (Å²) in [6, 6.07) is 2.42. The van der Waals surface area contributed by atoms with E-state index in [9.17, 15) is 40.7 Å². The van der Waals surface area contributed by atoms with Gasteiger partial charge in [0.2, 0.25) is 5.43 Å². The molecule has 4 rings (SSSR count). The molecule has 0 spiro atoms. The van der Waals surface area contributed by atoms with Crippen molar-refractivity contribution in [3.8, 4) is 5.69 Å². The molecule has 1 saturated heterocycles. The highest BCUT2D eigenvalue weighted by atomic mass is 19.4. The van der Waals surface area contributed by atoms with E-state index in [1.807, 2.05) is 0 Å². The van der Waals surface area contributed by atoms with Crippen LogP contribution in [0.25, 0.3) is 16.7 Å². The Bertz CT molecular complexity index is 1490. The lowest BCUT2D eigenvalue weighted by Crippen LogP contribution is -2.47. The second-order valence-corrected chi connectivity index (χ2v) is 9.59. The number of benzene rings is 1.